The summed E-state index contributed by atoms with van der Waals surface area (Å²) in [6.07, 6.45) is 1.18. The summed E-state index contributed by atoms with van der Waals surface area (Å²) in [6.45, 7) is -0.129. The molecule has 10 heteroatoms. The summed E-state index contributed by atoms with van der Waals surface area (Å²) in [5, 5.41) is 9.04. The van der Waals surface area contributed by atoms with Crippen LogP contribution in [-0.2, 0) is 16.6 Å². The Morgan fingerprint density at radius 3 is 2.61 bits per heavy atom. The molecule has 0 unspecified atom stereocenters. The number of amides is 1. The van der Waals surface area contributed by atoms with Crippen molar-refractivity contribution in [2.24, 2.45) is 0 Å². The number of rotatable bonds is 5. The molecule has 2 heterocycles. The topological polar surface area (TPSA) is 92.5 Å². The first-order valence-electron chi connectivity index (χ1n) is 7.97. The van der Waals surface area contributed by atoms with Gasteiger partial charge < -0.3 is 10.0 Å². The highest BCUT2D eigenvalue weighted by Gasteiger charge is 2.24. The number of aromatic nitrogens is 2. The molecule has 28 heavy (non-hydrogen) atoms. The molecular formula is C18H15F2N3O4S. The van der Waals surface area contributed by atoms with Gasteiger partial charge in [-0.15, -0.1) is 0 Å². The maximum absolute atomic E-state index is 14.2. The predicted octanol–water partition coefficient (Wildman–Crippen LogP) is 3.18. The third-order valence-corrected chi connectivity index (χ3v) is 5.65. The number of benzene rings is 1. The van der Waals surface area contributed by atoms with Gasteiger partial charge in [0.05, 0.1) is 22.7 Å². The SMILES string of the molecule is CN(Cc1cc(-c2cccnc2F)n(S(=O)(=O)c2cccc(F)c2)c1)C(=O)O. The normalized spacial score (nSPS) is 11.4. The highest BCUT2D eigenvalue weighted by atomic mass is 32.2. The molecule has 0 saturated carbocycles. The minimum atomic E-state index is -4.28. The van der Waals surface area contributed by atoms with Gasteiger partial charge in [-0.3, -0.25) is 0 Å². The average molecular weight is 407 g/mol. The zero-order valence-corrected chi connectivity index (χ0v) is 15.4. The van der Waals surface area contributed by atoms with Gasteiger partial charge in [-0.2, -0.15) is 4.39 Å². The molecule has 0 aliphatic carbocycles. The molecule has 2 aromatic heterocycles. The molecule has 0 saturated heterocycles. The van der Waals surface area contributed by atoms with Crippen LogP contribution in [0, 0.1) is 11.8 Å². The monoisotopic (exact) mass is 407 g/mol. The van der Waals surface area contributed by atoms with Gasteiger partial charge >= 0.3 is 6.09 Å². The maximum atomic E-state index is 14.2. The smallest absolute Gasteiger partial charge is 0.407 e. The summed E-state index contributed by atoms with van der Waals surface area (Å²) in [4.78, 5) is 15.2. The van der Waals surface area contributed by atoms with E-state index in [4.69, 9.17) is 5.11 Å². The second-order valence-electron chi connectivity index (χ2n) is 5.97. The molecule has 1 amide bonds. The van der Waals surface area contributed by atoms with Crippen molar-refractivity contribution in [1.82, 2.24) is 13.9 Å². The lowest BCUT2D eigenvalue weighted by Gasteiger charge is -2.11. The summed E-state index contributed by atoms with van der Waals surface area (Å²) in [5.41, 5.74) is 0.165. The van der Waals surface area contributed by atoms with Gasteiger partial charge in [0.25, 0.3) is 10.0 Å². The van der Waals surface area contributed by atoms with Crippen molar-refractivity contribution in [3.8, 4) is 11.3 Å². The average Bonchev–Trinajstić information content (AvgIpc) is 3.06. The molecule has 0 radical (unpaired) electrons. The van der Waals surface area contributed by atoms with Gasteiger partial charge in [-0.05, 0) is 42.0 Å². The Morgan fingerprint density at radius 1 is 1.21 bits per heavy atom. The predicted molar refractivity (Wildman–Crippen MR) is 96.1 cm³/mol. The van der Waals surface area contributed by atoms with E-state index in [1.165, 1.54) is 49.8 Å². The Hall–Kier alpha value is -3.27. The van der Waals surface area contributed by atoms with Crippen molar-refractivity contribution < 1.29 is 27.1 Å². The Morgan fingerprint density at radius 2 is 1.96 bits per heavy atom. The molecule has 3 rings (SSSR count). The van der Waals surface area contributed by atoms with Crippen molar-refractivity contribution in [2.75, 3.05) is 7.05 Å². The van der Waals surface area contributed by atoms with Crippen molar-refractivity contribution in [3.05, 3.63) is 72.2 Å². The Kier molecular flexibility index (Phi) is 5.14. The molecule has 0 atom stereocenters. The van der Waals surface area contributed by atoms with Gasteiger partial charge in [-0.1, -0.05) is 6.07 Å². The third-order valence-electron chi connectivity index (χ3n) is 3.98. The minimum Gasteiger partial charge on any atom is -0.465 e. The fraction of sp³-hybridized carbons (Fsp3) is 0.111. The molecule has 1 aromatic carbocycles. The lowest BCUT2D eigenvalue weighted by Crippen LogP contribution is -2.23. The van der Waals surface area contributed by atoms with Gasteiger partial charge in [0.2, 0.25) is 5.95 Å². The Bertz CT molecular complexity index is 1150. The number of nitrogens with zero attached hydrogens (tertiary/aromatic N) is 3. The summed E-state index contributed by atoms with van der Waals surface area (Å²) >= 11 is 0. The van der Waals surface area contributed by atoms with Gasteiger partial charge in [0, 0.05) is 19.4 Å². The summed E-state index contributed by atoms with van der Waals surface area (Å²) in [6, 6.07) is 8.55. The molecule has 1 N–H and O–H groups in total. The number of halogens is 2. The van der Waals surface area contributed by atoms with Crippen LogP contribution in [0.15, 0.2) is 59.8 Å². The van der Waals surface area contributed by atoms with E-state index in [1.807, 2.05) is 0 Å². The van der Waals surface area contributed by atoms with E-state index < -0.39 is 27.9 Å². The van der Waals surface area contributed by atoms with Crippen molar-refractivity contribution in [1.29, 1.82) is 0 Å². The highest BCUT2D eigenvalue weighted by Crippen LogP contribution is 2.29. The van der Waals surface area contributed by atoms with E-state index in [0.717, 1.165) is 21.0 Å². The molecule has 0 bridgehead atoms. The van der Waals surface area contributed by atoms with Crippen molar-refractivity contribution in [3.63, 3.8) is 0 Å². The van der Waals surface area contributed by atoms with E-state index in [0.29, 0.717) is 5.56 Å². The van der Waals surface area contributed by atoms with Crippen LogP contribution >= 0.6 is 0 Å². The second-order valence-corrected chi connectivity index (χ2v) is 7.79. The molecule has 7 nitrogen and oxygen atoms in total. The lowest BCUT2D eigenvalue weighted by atomic mass is 10.2. The molecule has 0 aliphatic heterocycles. The van der Waals surface area contributed by atoms with E-state index in [1.54, 1.807) is 0 Å². The zero-order chi connectivity index (χ0) is 20.5. The Labute approximate surface area is 159 Å². The minimum absolute atomic E-state index is 0.0522. The first-order chi connectivity index (χ1) is 13.2. The van der Waals surface area contributed by atoms with Crippen LogP contribution < -0.4 is 0 Å². The number of carbonyl (C=O) groups is 1. The third kappa shape index (κ3) is 3.72. The van der Waals surface area contributed by atoms with E-state index in [9.17, 15) is 22.0 Å². The van der Waals surface area contributed by atoms with Gasteiger partial charge in [-0.25, -0.2) is 26.6 Å². The fourth-order valence-electron chi connectivity index (χ4n) is 2.64. The first kappa shape index (κ1) is 19.5. The van der Waals surface area contributed by atoms with Crippen molar-refractivity contribution >= 4 is 16.1 Å². The number of pyridine rings is 1. The fourth-order valence-corrected chi connectivity index (χ4v) is 4.06. The van der Waals surface area contributed by atoms with E-state index >= 15 is 0 Å². The number of carboxylic acid groups (broad SMARTS) is 1. The highest BCUT2D eigenvalue weighted by molar-refractivity contribution is 7.90. The van der Waals surface area contributed by atoms with Crippen LogP contribution in [0.25, 0.3) is 11.3 Å². The van der Waals surface area contributed by atoms with E-state index in [-0.39, 0.29) is 22.7 Å². The molecule has 3 aromatic rings. The lowest BCUT2D eigenvalue weighted by molar-refractivity contribution is 0.154. The second kappa shape index (κ2) is 7.39. The molecule has 0 spiro atoms. The number of hydrogen-bond acceptors (Lipinski definition) is 4. The van der Waals surface area contributed by atoms with Crippen LogP contribution in [0.1, 0.15) is 5.56 Å². The van der Waals surface area contributed by atoms with E-state index in [2.05, 4.69) is 4.98 Å². The largest absolute Gasteiger partial charge is 0.465 e. The van der Waals surface area contributed by atoms with Gasteiger partial charge in [0.15, 0.2) is 0 Å². The Balaban J connectivity index is 2.20. The van der Waals surface area contributed by atoms with Gasteiger partial charge in [0.1, 0.15) is 5.82 Å². The van der Waals surface area contributed by atoms with Crippen LogP contribution in [0.5, 0.6) is 0 Å². The standard InChI is InChI=1S/C18H15F2N3O4S/c1-22(18(24)25)10-12-8-16(15-6-3-7-21-17(15)20)23(11-12)28(26,27)14-5-2-4-13(19)9-14/h2-9,11H,10H2,1H3,(H,24,25). The first-order valence-corrected chi connectivity index (χ1v) is 9.41. The van der Waals surface area contributed by atoms with Crippen LogP contribution in [0.4, 0.5) is 13.6 Å². The molecular weight excluding hydrogens is 392 g/mol. The van der Waals surface area contributed by atoms with Crippen LogP contribution in [-0.4, -0.2) is 40.5 Å². The molecule has 146 valence electrons. The van der Waals surface area contributed by atoms with Crippen LogP contribution in [0.3, 0.4) is 0 Å². The number of hydrogen-bond donors (Lipinski definition) is 1. The molecule has 0 fully saturated rings. The quantitative estimate of drug-likeness (QED) is 0.656. The van der Waals surface area contributed by atoms with Crippen molar-refractivity contribution in [2.45, 2.75) is 11.4 Å². The summed E-state index contributed by atoms with van der Waals surface area (Å²) in [5.74, 6) is -1.64. The summed E-state index contributed by atoms with van der Waals surface area (Å²) < 4.78 is 54.7. The maximum Gasteiger partial charge on any atom is 0.407 e. The van der Waals surface area contributed by atoms with Crippen LogP contribution in [0.2, 0.25) is 0 Å². The summed E-state index contributed by atoms with van der Waals surface area (Å²) in [7, 11) is -2.97. The molecule has 0 aliphatic rings. The zero-order valence-electron chi connectivity index (χ0n) is 14.6.